The zero-order chi connectivity index (χ0) is 57.2. The first kappa shape index (κ1) is 63.2. The molecule has 0 aliphatic rings. The van der Waals surface area contributed by atoms with Crippen LogP contribution in [0.2, 0.25) is 0 Å². The monoisotopic (exact) mass is 1230 g/mol. The van der Waals surface area contributed by atoms with Crippen LogP contribution in [-0.4, -0.2) is 56.4 Å². The summed E-state index contributed by atoms with van der Waals surface area (Å²) in [6, 6.07) is 34.7. The van der Waals surface area contributed by atoms with Crippen molar-refractivity contribution in [2.45, 2.75) is 97.1 Å². The van der Waals surface area contributed by atoms with Gasteiger partial charge in [0, 0.05) is 73.8 Å². The topological polar surface area (TPSA) is 172 Å². The number of ether oxygens (including phenoxy) is 4. The number of halogens is 3. The normalized spacial score (nSPS) is 10.6. The number of hydrogen-bond acceptors (Lipinski definition) is 13. The van der Waals surface area contributed by atoms with Crippen molar-refractivity contribution in [2.24, 2.45) is 0 Å². The van der Waals surface area contributed by atoms with Gasteiger partial charge in [0.05, 0.1) is 41.6 Å². The maximum atomic E-state index is 13.1. The number of thiocarbonyl (C=S) groups is 1. The maximum absolute atomic E-state index is 13.1. The molecule has 6 aromatic heterocycles. The van der Waals surface area contributed by atoms with Crippen LogP contribution in [0.1, 0.15) is 108 Å². The SMILES string of the molecule is CCCCCCCCOc1cccc(OCCCCCCCC)c1-c1ccnc(-c2cc(C(F)(F)F)n[n-]2)c1.O=COc1ccnc(-c2cc(OC=O)cc(-c3cc(C#Cc4ccc5sc6ccccc6c5c4)ccn3)n2)c1.[N-]=C=S.[Ru+2]. The molecule has 13 nitrogen and oxygen atoms in total. The average Bonchev–Trinajstić information content (AvgIpc) is 4.35. The van der Waals surface area contributed by atoms with Gasteiger partial charge in [-0.05, 0) is 91.2 Å². The Morgan fingerprint density at radius 2 is 1.15 bits per heavy atom. The molecule has 422 valence electrons. The van der Waals surface area contributed by atoms with Gasteiger partial charge in [-0.1, -0.05) is 132 Å². The Hall–Kier alpha value is -8.00. The van der Waals surface area contributed by atoms with E-state index in [9.17, 15) is 22.8 Å². The summed E-state index contributed by atoms with van der Waals surface area (Å²) in [4.78, 5) is 39.5. The number of alkyl halides is 3. The summed E-state index contributed by atoms with van der Waals surface area (Å²) in [6.45, 7) is 6.25. The molecule has 0 aliphatic heterocycles. The van der Waals surface area contributed by atoms with E-state index in [0.717, 1.165) is 54.0 Å². The Morgan fingerprint density at radius 3 is 1.78 bits per heavy atom. The molecule has 0 fully saturated rings. The van der Waals surface area contributed by atoms with Gasteiger partial charge < -0.3 is 34.6 Å². The summed E-state index contributed by atoms with van der Waals surface area (Å²) in [7, 11) is 0. The second kappa shape index (κ2) is 33.1. The zero-order valence-electron chi connectivity index (χ0n) is 45.1. The van der Waals surface area contributed by atoms with Gasteiger partial charge in [0.1, 0.15) is 28.7 Å². The molecule has 9 aromatic rings. The van der Waals surface area contributed by atoms with Gasteiger partial charge in [-0.3, -0.25) is 24.5 Å². The maximum Gasteiger partial charge on any atom is 2.00 e. The Bertz CT molecular complexity index is 3580. The molecule has 0 aliphatic carbocycles. The fraction of sp³-hybridized carbons (Fsp3) is 0.270. The van der Waals surface area contributed by atoms with Crippen molar-refractivity contribution in [1.29, 1.82) is 0 Å². The minimum atomic E-state index is -4.56. The Kier molecular flexibility index (Phi) is 25.5. The minimum Gasteiger partial charge on any atom is -0.753 e. The third-order valence-electron chi connectivity index (χ3n) is 12.6. The summed E-state index contributed by atoms with van der Waals surface area (Å²) in [6.07, 6.45) is 14.1. The quantitative estimate of drug-likeness (QED) is 0.0140. The van der Waals surface area contributed by atoms with Crippen molar-refractivity contribution in [3.63, 3.8) is 0 Å². The number of aromatic nitrogens is 6. The van der Waals surface area contributed by atoms with E-state index in [4.69, 9.17) is 24.4 Å². The number of fused-ring (bicyclic) bond motifs is 3. The van der Waals surface area contributed by atoms with Crippen LogP contribution >= 0.6 is 23.6 Å². The molecular formula is C63H58F3N7O6RuS2. The van der Waals surface area contributed by atoms with Crippen molar-refractivity contribution in [1.82, 2.24) is 30.1 Å². The van der Waals surface area contributed by atoms with Crippen molar-refractivity contribution >= 4 is 61.8 Å². The predicted molar refractivity (Wildman–Crippen MR) is 314 cm³/mol. The van der Waals surface area contributed by atoms with Gasteiger partial charge in [-0.25, -0.2) is 4.98 Å². The van der Waals surface area contributed by atoms with Crippen molar-refractivity contribution < 1.29 is 61.2 Å². The number of carbonyl (C=O) groups is 2. The number of rotatable bonds is 24. The van der Waals surface area contributed by atoms with Gasteiger partial charge in [0.15, 0.2) is 0 Å². The number of unbranched alkanes of at least 4 members (excludes halogenated alkanes) is 10. The molecule has 0 radical (unpaired) electrons. The fourth-order valence-electron chi connectivity index (χ4n) is 8.62. The Labute approximate surface area is 496 Å². The van der Waals surface area contributed by atoms with Gasteiger partial charge in [0.25, 0.3) is 12.9 Å². The molecule has 82 heavy (non-hydrogen) atoms. The van der Waals surface area contributed by atoms with Crippen molar-refractivity contribution in [3.8, 4) is 80.1 Å². The fourth-order valence-corrected chi connectivity index (χ4v) is 9.70. The van der Waals surface area contributed by atoms with Crippen LogP contribution in [0.3, 0.4) is 0 Å². The van der Waals surface area contributed by atoms with E-state index in [2.05, 4.69) is 92.3 Å². The molecule has 6 heterocycles. The zero-order valence-corrected chi connectivity index (χ0v) is 48.5. The smallest absolute Gasteiger partial charge is 0.753 e. The number of carbonyl (C=O) groups excluding carboxylic acids is 2. The molecule has 0 spiro atoms. The van der Waals surface area contributed by atoms with Gasteiger partial charge in [-0.2, -0.15) is 18.3 Å². The molecular weight excluding hydrogens is 1170 g/mol. The standard InChI is InChI=1S/C31H41F3N3O2.C31H17N3O4S.CNS.Ru/c1-3-5-7-9-11-13-20-38-27-16-15-17-28(39-21-14-12-10-8-6-4-2)30(27)24-18-19-35-25(22-24)26-23-29(37-36-26)31(32,33)34;35-18-37-22-10-12-33-27(15-22)29-17-23(38-19-36)16-28(34-29)26-14-21(9-11-32-26)6-5-20-7-8-31-25(13-20)24-3-1-2-4-30(24)39-31;2-1-3;/h15-19,22-23H,3-14,20-21H2,1-2H3;1-4,7-19H;;/q-1;;-1;+2. The van der Waals surface area contributed by atoms with E-state index in [1.54, 1.807) is 54.1 Å². The second-order valence-corrected chi connectivity index (χ2v) is 19.6. The minimum absolute atomic E-state index is 0. The van der Waals surface area contributed by atoms with E-state index in [1.165, 1.54) is 82.9 Å². The predicted octanol–water partition coefficient (Wildman–Crippen LogP) is 16.0. The van der Waals surface area contributed by atoms with Crippen molar-refractivity contribution in [2.75, 3.05) is 13.2 Å². The average molecular weight is 1230 g/mol. The van der Waals surface area contributed by atoms with Crippen LogP contribution in [-0.2, 0) is 35.2 Å². The first-order valence-electron chi connectivity index (χ1n) is 26.6. The second-order valence-electron chi connectivity index (χ2n) is 18.4. The van der Waals surface area contributed by atoms with E-state index >= 15 is 0 Å². The van der Waals surface area contributed by atoms with Gasteiger partial charge in [-0.15, -0.1) is 11.3 Å². The van der Waals surface area contributed by atoms with Crippen LogP contribution in [0, 0.1) is 11.8 Å². The van der Waals surface area contributed by atoms with Crippen LogP contribution in [0.5, 0.6) is 23.0 Å². The number of hydrogen-bond donors (Lipinski definition) is 0. The first-order valence-corrected chi connectivity index (χ1v) is 27.8. The first-order chi connectivity index (χ1) is 39.5. The van der Waals surface area contributed by atoms with Gasteiger partial charge >= 0.3 is 25.7 Å². The molecule has 0 saturated heterocycles. The van der Waals surface area contributed by atoms with E-state index in [0.29, 0.717) is 71.9 Å². The third-order valence-corrected chi connectivity index (χ3v) is 13.7. The molecule has 9 rings (SSSR count). The number of benzene rings is 3. The summed E-state index contributed by atoms with van der Waals surface area (Å²) in [5, 5.41) is 17.9. The van der Waals surface area contributed by atoms with E-state index in [-0.39, 0.29) is 30.9 Å². The summed E-state index contributed by atoms with van der Waals surface area (Å²) < 4.78 is 64.2. The molecule has 0 bridgehead atoms. The van der Waals surface area contributed by atoms with Gasteiger partial charge in [0.2, 0.25) is 0 Å². The van der Waals surface area contributed by atoms with E-state index < -0.39 is 11.9 Å². The summed E-state index contributed by atoms with van der Waals surface area (Å²) in [5.41, 5.74) is 4.37. The Morgan fingerprint density at radius 1 is 0.598 bits per heavy atom. The largest absolute Gasteiger partial charge is 2.00 e. The summed E-state index contributed by atoms with van der Waals surface area (Å²) in [5.74, 6) is 8.42. The summed E-state index contributed by atoms with van der Waals surface area (Å²) >= 11 is 5.47. The number of pyridine rings is 4. The number of nitrogens with zero attached hydrogens (tertiary/aromatic N) is 7. The molecule has 0 saturated carbocycles. The molecule has 0 N–H and O–H groups in total. The molecule has 0 amide bonds. The molecule has 3 aromatic carbocycles. The molecule has 0 atom stereocenters. The third kappa shape index (κ3) is 18.5. The Balaban J connectivity index is 0.000000249. The number of isothiocyanates is 1. The van der Waals surface area contributed by atoms with Crippen LogP contribution in [0.25, 0.3) is 70.9 Å². The molecule has 0 unspecified atom stereocenters. The molecule has 19 heteroatoms. The van der Waals surface area contributed by atoms with E-state index in [1.807, 2.05) is 54.6 Å². The van der Waals surface area contributed by atoms with Crippen LogP contribution < -0.4 is 24.0 Å². The van der Waals surface area contributed by atoms with Crippen LogP contribution in [0.15, 0.2) is 134 Å². The van der Waals surface area contributed by atoms with Crippen molar-refractivity contribution in [3.05, 3.63) is 156 Å². The van der Waals surface area contributed by atoms with Crippen LogP contribution in [0.4, 0.5) is 13.2 Å². The number of thiophene rings is 1.